The van der Waals surface area contributed by atoms with Gasteiger partial charge >= 0.3 is 0 Å². The summed E-state index contributed by atoms with van der Waals surface area (Å²) < 4.78 is 0. The van der Waals surface area contributed by atoms with Crippen LogP contribution in [-0.2, 0) is 21.5 Å². The third-order valence-electron chi connectivity index (χ3n) is 8.39. The van der Waals surface area contributed by atoms with Crippen molar-refractivity contribution in [1.82, 2.24) is 15.1 Å². The van der Waals surface area contributed by atoms with Crippen molar-refractivity contribution in [2.24, 2.45) is 11.3 Å². The van der Waals surface area contributed by atoms with Crippen molar-refractivity contribution in [2.45, 2.75) is 84.7 Å². The smallest absolute Gasteiger partial charge is 0.223 e. The summed E-state index contributed by atoms with van der Waals surface area (Å²) in [6.07, 6.45) is 5.34. The number of fused-ring (bicyclic) bond motifs is 1. The number of piperidine rings is 1. The molecule has 2 aromatic rings. The lowest BCUT2D eigenvalue weighted by Crippen LogP contribution is -2.53. The Balaban J connectivity index is 1.43. The molecule has 0 aromatic heterocycles. The van der Waals surface area contributed by atoms with Crippen LogP contribution in [0.4, 0.5) is 0 Å². The van der Waals surface area contributed by atoms with Gasteiger partial charge in [-0.3, -0.25) is 9.59 Å². The fourth-order valence-corrected chi connectivity index (χ4v) is 6.84. The highest BCUT2D eigenvalue weighted by Crippen LogP contribution is 2.36. The number of amides is 2. The minimum atomic E-state index is -0.299. The highest BCUT2D eigenvalue weighted by Gasteiger charge is 2.38. The molecule has 206 valence electrons. The van der Waals surface area contributed by atoms with Crippen molar-refractivity contribution >= 4 is 11.8 Å². The van der Waals surface area contributed by atoms with Crippen LogP contribution in [0.15, 0.2) is 54.6 Å². The largest absolute Gasteiger partial charge is 0.347 e. The molecule has 38 heavy (non-hydrogen) atoms. The summed E-state index contributed by atoms with van der Waals surface area (Å²) in [4.78, 5) is 30.4. The van der Waals surface area contributed by atoms with Gasteiger partial charge in [-0.05, 0) is 60.1 Å². The van der Waals surface area contributed by atoms with Crippen molar-refractivity contribution in [3.8, 4) is 0 Å². The predicted molar refractivity (Wildman–Crippen MR) is 155 cm³/mol. The lowest BCUT2D eigenvalue weighted by Gasteiger charge is -2.44. The summed E-state index contributed by atoms with van der Waals surface area (Å²) in [6.45, 7) is 14.2. The zero-order valence-electron chi connectivity index (χ0n) is 24.1. The van der Waals surface area contributed by atoms with Gasteiger partial charge in [0.2, 0.25) is 11.8 Å². The van der Waals surface area contributed by atoms with E-state index in [0.29, 0.717) is 18.2 Å². The molecule has 2 aromatic carbocycles. The molecule has 2 heterocycles. The zero-order valence-corrected chi connectivity index (χ0v) is 24.1. The van der Waals surface area contributed by atoms with E-state index in [4.69, 9.17) is 0 Å². The quantitative estimate of drug-likeness (QED) is 0.461. The highest BCUT2D eigenvalue weighted by molar-refractivity contribution is 5.77. The van der Waals surface area contributed by atoms with Crippen LogP contribution in [0.2, 0.25) is 0 Å². The maximum absolute atomic E-state index is 13.6. The molecule has 2 unspecified atom stereocenters. The van der Waals surface area contributed by atoms with Gasteiger partial charge in [-0.25, -0.2) is 0 Å². The number of hydrogen-bond donors (Lipinski definition) is 1. The van der Waals surface area contributed by atoms with Crippen LogP contribution in [0.25, 0.3) is 0 Å². The zero-order chi connectivity index (χ0) is 27.3. The molecule has 1 fully saturated rings. The molecule has 0 radical (unpaired) electrons. The van der Waals surface area contributed by atoms with E-state index < -0.39 is 0 Å². The maximum Gasteiger partial charge on any atom is 0.223 e. The van der Waals surface area contributed by atoms with Crippen molar-refractivity contribution in [3.05, 3.63) is 71.3 Å². The minimum absolute atomic E-state index is 0.0240. The Bertz CT molecular complexity index is 1080. The van der Waals surface area contributed by atoms with E-state index in [1.165, 1.54) is 16.7 Å². The van der Waals surface area contributed by atoms with Crippen molar-refractivity contribution < 1.29 is 9.59 Å². The molecule has 4 rings (SSSR count). The van der Waals surface area contributed by atoms with Gasteiger partial charge in [-0.2, -0.15) is 0 Å². The Hall–Kier alpha value is -2.66. The SMILES string of the molecule is CC(=O)NC1(c2ccccc2)CCN(CCC2c3ccccc3CCN2C(=O)CC(C)CC(C)(C)C)CC1. The average molecular weight is 518 g/mol. The minimum Gasteiger partial charge on any atom is -0.347 e. The maximum atomic E-state index is 13.6. The normalized spacial score (nSPS) is 20.4. The monoisotopic (exact) mass is 517 g/mol. The van der Waals surface area contributed by atoms with Crippen LogP contribution >= 0.6 is 0 Å². The highest BCUT2D eigenvalue weighted by atomic mass is 16.2. The van der Waals surface area contributed by atoms with Gasteiger partial charge in [0.15, 0.2) is 0 Å². The van der Waals surface area contributed by atoms with Crippen LogP contribution in [0, 0.1) is 11.3 Å². The Morgan fingerprint density at radius 3 is 2.32 bits per heavy atom. The van der Waals surface area contributed by atoms with E-state index in [-0.39, 0.29) is 22.9 Å². The van der Waals surface area contributed by atoms with Gasteiger partial charge in [0.05, 0.1) is 11.6 Å². The first kappa shape index (κ1) is 28.4. The van der Waals surface area contributed by atoms with E-state index >= 15 is 0 Å². The summed E-state index contributed by atoms with van der Waals surface area (Å²) in [6, 6.07) is 19.2. The number of rotatable bonds is 8. The third kappa shape index (κ3) is 7.05. The summed E-state index contributed by atoms with van der Waals surface area (Å²) >= 11 is 0. The predicted octanol–water partition coefficient (Wildman–Crippen LogP) is 6.09. The second-order valence-corrected chi connectivity index (χ2v) is 12.9. The molecule has 5 nitrogen and oxygen atoms in total. The first-order valence-corrected chi connectivity index (χ1v) is 14.5. The molecule has 2 amide bonds. The first-order chi connectivity index (χ1) is 18.1. The molecule has 5 heteroatoms. The second-order valence-electron chi connectivity index (χ2n) is 12.9. The molecule has 0 saturated carbocycles. The molecule has 2 aliphatic rings. The van der Waals surface area contributed by atoms with Crippen LogP contribution in [-0.4, -0.2) is 47.8 Å². The number of likely N-dealkylation sites (tertiary alicyclic amines) is 1. The lowest BCUT2D eigenvalue weighted by atomic mass is 9.80. The van der Waals surface area contributed by atoms with Gasteiger partial charge in [-0.1, -0.05) is 82.3 Å². The Kier molecular flexibility index (Phi) is 8.97. The molecule has 0 aliphatic carbocycles. The van der Waals surface area contributed by atoms with E-state index in [0.717, 1.165) is 58.3 Å². The average Bonchev–Trinajstić information content (AvgIpc) is 2.87. The Morgan fingerprint density at radius 2 is 1.66 bits per heavy atom. The van der Waals surface area contributed by atoms with Crippen LogP contribution in [0.5, 0.6) is 0 Å². The lowest BCUT2D eigenvalue weighted by molar-refractivity contribution is -0.135. The standard InChI is InChI=1S/C33H47N3O2/c1-25(24-32(3,4)5)23-31(38)36-20-15-27-11-9-10-14-29(27)30(36)16-19-35-21-17-33(18-22-35,34-26(2)37)28-12-7-6-8-13-28/h6-14,25,30H,15-24H2,1-5H3,(H,34,37). The molecule has 1 saturated heterocycles. The Labute approximate surface area is 230 Å². The summed E-state index contributed by atoms with van der Waals surface area (Å²) in [5, 5.41) is 3.29. The summed E-state index contributed by atoms with van der Waals surface area (Å²) in [5.41, 5.74) is 3.83. The molecule has 2 aliphatic heterocycles. The fraction of sp³-hybridized carbons (Fsp3) is 0.576. The van der Waals surface area contributed by atoms with Crippen LogP contribution in [0.1, 0.15) is 89.5 Å². The number of benzene rings is 2. The first-order valence-electron chi connectivity index (χ1n) is 14.5. The van der Waals surface area contributed by atoms with E-state index in [1.807, 2.05) is 6.07 Å². The summed E-state index contributed by atoms with van der Waals surface area (Å²) in [7, 11) is 0. The van der Waals surface area contributed by atoms with Gasteiger partial charge in [-0.15, -0.1) is 0 Å². The molecular formula is C33H47N3O2. The van der Waals surface area contributed by atoms with Gasteiger partial charge in [0.1, 0.15) is 0 Å². The number of hydrogen-bond acceptors (Lipinski definition) is 3. The van der Waals surface area contributed by atoms with E-state index in [2.05, 4.69) is 91.3 Å². The van der Waals surface area contributed by atoms with Crippen LogP contribution in [0.3, 0.4) is 0 Å². The number of carbonyl (C=O) groups is 2. The van der Waals surface area contributed by atoms with Gasteiger partial charge in [0.25, 0.3) is 0 Å². The van der Waals surface area contributed by atoms with Crippen molar-refractivity contribution in [2.75, 3.05) is 26.2 Å². The molecule has 0 bridgehead atoms. The Morgan fingerprint density at radius 1 is 1.00 bits per heavy atom. The molecule has 1 N–H and O–H groups in total. The molecule has 2 atom stereocenters. The van der Waals surface area contributed by atoms with Gasteiger partial charge in [0, 0.05) is 39.5 Å². The van der Waals surface area contributed by atoms with Crippen molar-refractivity contribution in [1.29, 1.82) is 0 Å². The topological polar surface area (TPSA) is 52.7 Å². The summed E-state index contributed by atoms with van der Waals surface area (Å²) in [5.74, 6) is 0.701. The second kappa shape index (κ2) is 12.0. The van der Waals surface area contributed by atoms with Crippen molar-refractivity contribution in [3.63, 3.8) is 0 Å². The third-order valence-corrected chi connectivity index (χ3v) is 8.39. The van der Waals surface area contributed by atoms with Gasteiger partial charge < -0.3 is 15.1 Å². The number of nitrogens with one attached hydrogen (secondary N) is 1. The molecule has 0 spiro atoms. The van der Waals surface area contributed by atoms with E-state index in [1.54, 1.807) is 6.92 Å². The number of nitrogens with zero attached hydrogens (tertiary/aromatic N) is 2. The van der Waals surface area contributed by atoms with Crippen LogP contribution < -0.4 is 5.32 Å². The fourth-order valence-electron chi connectivity index (χ4n) is 6.84. The number of carbonyl (C=O) groups excluding carboxylic acids is 2. The van der Waals surface area contributed by atoms with E-state index in [9.17, 15) is 9.59 Å². The molecular weight excluding hydrogens is 470 g/mol.